The quantitative estimate of drug-likeness (QED) is 0.799. The van der Waals surface area contributed by atoms with E-state index in [1.807, 2.05) is 0 Å². The van der Waals surface area contributed by atoms with Gasteiger partial charge in [-0.05, 0) is 53.2 Å². The van der Waals surface area contributed by atoms with Crippen LogP contribution in [0.2, 0.25) is 0 Å². The van der Waals surface area contributed by atoms with Gasteiger partial charge in [-0.1, -0.05) is 6.92 Å². The molecule has 0 amide bonds. The molecule has 1 N–H and O–H groups in total. The highest BCUT2D eigenvalue weighted by Crippen LogP contribution is 2.38. The van der Waals surface area contributed by atoms with Crippen molar-refractivity contribution in [2.75, 3.05) is 39.1 Å². The van der Waals surface area contributed by atoms with Crippen LogP contribution < -0.4 is 10.2 Å². The second-order valence-electron chi connectivity index (χ2n) is 6.56. The second-order valence-corrected chi connectivity index (χ2v) is 7.40. The molecule has 5 heteroatoms. The first kappa shape index (κ1) is 16.7. The Morgan fingerprint density at radius 3 is 2.62 bits per heavy atom. The zero-order chi connectivity index (χ0) is 15.5. The number of hydrogen-bond donors (Lipinski definition) is 1. The van der Waals surface area contributed by atoms with E-state index in [4.69, 9.17) is 4.98 Å². The van der Waals surface area contributed by atoms with Crippen LogP contribution in [0, 0.1) is 0 Å². The van der Waals surface area contributed by atoms with Crippen LogP contribution in [0.5, 0.6) is 0 Å². The van der Waals surface area contributed by atoms with Crippen molar-refractivity contribution in [1.82, 2.24) is 15.2 Å². The number of aromatic nitrogens is 1. The highest BCUT2D eigenvalue weighted by molar-refractivity contribution is 7.13. The lowest BCUT2D eigenvalue weighted by Crippen LogP contribution is -2.56. The van der Waals surface area contributed by atoms with E-state index in [0.29, 0.717) is 11.6 Å². The zero-order valence-electron chi connectivity index (χ0n) is 14.1. The third kappa shape index (κ3) is 3.76. The van der Waals surface area contributed by atoms with Gasteiger partial charge in [-0.2, -0.15) is 0 Å². The van der Waals surface area contributed by atoms with Crippen LogP contribution >= 0.6 is 11.3 Å². The molecule has 1 aromatic heterocycles. The SMILES string of the molecule is CCCNC(C)c1csc(N(C)CC2(N(C)C)CCC2)n1. The zero-order valence-corrected chi connectivity index (χ0v) is 15.0. The van der Waals surface area contributed by atoms with Crippen molar-refractivity contribution < 1.29 is 0 Å². The van der Waals surface area contributed by atoms with Crippen molar-refractivity contribution in [1.29, 1.82) is 0 Å². The van der Waals surface area contributed by atoms with Gasteiger partial charge in [0.1, 0.15) is 0 Å². The van der Waals surface area contributed by atoms with E-state index in [0.717, 1.165) is 24.6 Å². The molecule has 1 aromatic rings. The van der Waals surface area contributed by atoms with Gasteiger partial charge in [-0.3, -0.25) is 0 Å². The molecule has 0 spiro atoms. The second kappa shape index (κ2) is 7.07. The smallest absolute Gasteiger partial charge is 0.185 e. The van der Waals surface area contributed by atoms with Crippen LogP contribution in [0.4, 0.5) is 5.13 Å². The number of anilines is 1. The lowest BCUT2D eigenvalue weighted by Gasteiger charge is -2.49. The molecule has 0 aromatic carbocycles. The highest BCUT2D eigenvalue weighted by Gasteiger charge is 2.40. The Balaban J connectivity index is 1.97. The molecule has 1 fully saturated rings. The maximum absolute atomic E-state index is 4.83. The molecule has 21 heavy (non-hydrogen) atoms. The largest absolute Gasteiger partial charge is 0.349 e. The Morgan fingerprint density at radius 1 is 1.38 bits per heavy atom. The van der Waals surface area contributed by atoms with Crippen LogP contribution in [0.1, 0.15) is 51.3 Å². The van der Waals surface area contributed by atoms with Gasteiger partial charge in [0.05, 0.1) is 5.69 Å². The van der Waals surface area contributed by atoms with Crippen LogP contribution in [-0.2, 0) is 0 Å². The average molecular weight is 311 g/mol. The van der Waals surface area contributed by atoms with Crippen molar-refractivity contribution in [3.05, 3.63) is 11.1 Å². The molecule has 1 unspecified atom stereocenters. The van der Waals surface area contributed by atoms with Crippen molar-refractivity contribution >= 4 is 16.5 Å². The van der Waals surface area contributed by atoms with Crippen molar-refractivity contribution in [3.63, 3.8) is 0 Å². The molecule has 120 valence electrons. The number of rotatable bonds is 8. The normalized spacial score (nSPS) is 18.6. The minimum atomic E-state index is 0.342. The third-order valence-electron chi connectivity index (χ3n) is 4.74. The summed E-state index contributed by atoms with van der Waals surface area (Å²) in [7, 11) is 6.59. The molecule has 0 radical (unpaired) electrons. The molecule has 0 bridgehead atoms. The molecular weight excluding hydrogens is 280 g/mol. The van der Waals surface area contributed by atoms with E-state index in [1.54, 1.807) is 11.3 Å². The summed E-state index contributed by atoms with van der Waals surface area (Å²) in [5.41, 5.74) is 1.52. The number of nitrogens with zero attached hydrogens (tertiary/aromatic N) is 3. The van der Waals surface area contributed by atoms with Crippen LogP contribution in [0.25, 0.3) is 0 Å². The highest BCUT2D eigenvalue weighted by atomic mass is 32.1. The van der Waals surface area contributed by atoms with Gasteiger partial charge in [0.25, 0.3) is 0 Å². The van der Waals surface area contributed by atoms with E-state index in [2.05, 4.69) is 55.5 Å². The molecule has 4 nitrogen and oxygen atoms in total. The first-order valence-electron chi connectivity index (χ1n) is 8.06. The Labute approximate surface area is 133 Å². The van der Waals surface area contributed by atoms with Gasteiger partial charge in [0, 0.05) is 30.6 Å². The lowest BCUT2D eigenvalue weighted by molar-refractivity contribution is 0.0683. The Bertz CT molecular complexity index is 439. The van der Waals surface area contributed by atoms with Crippen molar-refractivity contribution in [3.8, 4) is 0 Å². The van der Waals surface area contributed by atoms with Crippen molar-refractivity contribution in [2.45, 2.75) is 51.1 Å². The summed E-state index contributed by atoms with van der Waals surface area (Å²) in [6.07, 6.45) is 5.12. The van der Waals surface area contributed by atoms with Gasteiger partial charge in [-0.15, -0.1) is 11.3 Å². The van der Waals surface area contributed by atoms with E-state index in [9.17, 15) is 0 Å². The molecule has 1 atom stereocenters. The van der Waals surface area contributed by atoms with Crippen LogP contribution in [0.15, 0.2) is 5.38 Å². The van der Waals surface area contributed by atoms with Crippen molar-refractivity contribution in [2.24, 2.45) is 0 Å². The van der Waals surface area contributed by atoms with Gasteiger partial charge in [0.2, 0.25) is 0 Å². The first-order valence-corrected chi connectivity index (χ1v) is 8.94. The molecule has 0 aliphatic heterocycles. The summed E-state index contributed by atoms with van der Waals surface area (Å²) in [5, 5.41) is 6.85. The van der Waals surface area contributed by atoms with Crippen LogP contribution in [0.3, 0.4) is 0 Å². The van der Waals surface area contributed by atoms with E-state index in [1.165, 1.54) is 25.0 Å². The van der Waals surface area contributed by atoms with E-state index >= 15 is 0 Å². The molecule has 1 saturated carbocycles. The number of nitrogens with one attached hydrogen (secondary N) is 1. The third-order valence-corrected chi connectivity index (χ3v) is 5.72. The Morgan fingerprint density at radius 2 is 2.10 bits per heavy atom. The van der Waals surface area contributed by atoms with E-state index in [-0.39, 0.29) is 0 Å². The maximum atomic E-state index is 4.83. The minimum absolute atomic E-state index is 0.342. The monoisotopic (exact) mass is 310 g/mol. The molecular formula is C16H30N4S. The number of hydrogen-bond acceptors (Lipinski definition) is 5. The fourth-order valence-electron chi connectivity index (χ4n) is 2.96. The molecule has 1 heterocycles. The van der Waals surface area contributed by atoms with Gasteiger partial charge in [-0.25, -0.2) is 4.98 Å². The molecule has 2 rings (SSSR count). The Kier molecular flexibility index (Phi) is 5.63. The summed E-state index contributed by atoms with van der Waals surface area (Å²) in [4.78, 5) is 9.56. The average Bonchev–Trinajstić information content (AvgIpc) is 2.89. The van der Waals surface area contributed by atoms with E-state index < -0.39 is 0 Å². The topological polar surface area (TPSA) is 31.4 Å². The number of thiazole rings is 1. The summed E-state index contributed by atoms with van der Waals surface area (Å²) >= 11 is 1.76. The fraction of sp³-hybridized carbons (Fsp3) is 0.812. The fourth-order valence-corrected chi connectivity index (χ4v) is 3.84. The van der Waals surface area contributed by atoms with Gasteiger partial charge < -0.3 is 15.1 Å². The van der Waals surface area contributed by atoms with Gasteiger partial charge >= 0.3 is 0 Å². The molecule has 1 aliphatic rings. The summed E-state index contributed by atoms with van der Waals surface area (Å²) in [5.74, 6) is 0. The molecule has 0 saturated heterocycles. The summed E-state index contributed by atoms with van der Waals surface area (Å²) < 4.78 is 0. The first-order chi connectivity index (χ1) is 9.98. The summed E-state index contributed by atoms with van der Waals surface area (Å²) in [6.45, 7) is 6.51. The predicted octanol–water partition coefficient (Wildman–Crippen LogP) is 3.12. The minimum Gasteiger partial charge on any atom is -0.349 e. The van der Waals surface area contributed by atoms with Gasteiger partial charge in [0.15, 0.2) is 5.13 Å². The standard InChI is InChI=1S/C16H30N4S/c1-6-10-17-13(2)14-11-21-15(18-14)20(5)12-16(19(3)4)8-7-9-16/h11,13,17H,6-10,12H2,1-5H3. The number of likely N-dealkylation sites (N-methyl/N-ethyl adjacent to an activating group) is 2. The Hall–Kier alpha value is -0.650. The van der Waals surface area contributed by atoms with Crippen LogP contribution in [-0.4, -0.2) is 49.7 Å². The predicted molar refractivity (Wildman–Crippen MR) is 92.4 cm³/mol. The maximum Gasteiger partial charge on any atom is 0.185 e. The lowest BCUT2D eigenvalue weighted by atomic mass is 9.75. The summed E-state index contributed by atoms with van der Waals surface area (Å²) in [6, 6.07) is 0.342. The molecule has 1 aliphatic carbocycles.